The lowest BCUT2D eigenvalue weighted by atomic mass is 9.98. The highest BCUT2D eigenvalue weighted by Gasteiger charge is 2.32. The maximum absolute atomic E-state index is 13.2. The van der Waals surface area contributed by atoms with Crippen molar-refractivity contribution >= 4 is 23.7 Å². The first-order chi connectivity index (χ1) is 17.0. The second-order valence-corrected chi connectivity index (χ2v) is 8.89. The van der Waals surface area contributed by atoms with E-state index in [4.69, 9.17) is 4.74 Å². The van der Waals surface area contributed by atoms with E-state index in [0.29, 0.717) is 24.2 Å². The molecule has 0 saturated carbocycles. The van der Waals surface area contributed by atoms with E-state index in [9.17, 15) is 19.5 Å². The first kappa shape index (κ1) is 22.7. The number of hydrogen-bond acceptors (Lipinski definition) is 4. The Morgan fingerprint density at radius 2 is 1.54 bits per heavy atom. The fraction of sp³-hybridized carbons (Fsp3) is 0.250. The predicted molar refractivity (Wildman–Crippen MR) is 131 cm³/mol. The fourth-order valence-electron chi connectivity index (χ4n) is 5.19. The van der Waals surface area contributed by atoms with Crippen LogP contribution in [0.2, 0.25) is 0 Å². The van der Waals surface area contributed by atoms with E-state index in [1.54, 1.807) is 29.2 Å². The van der Waals surface area contributed by atoms with Gasteiger partial charge >= 0.3 is 12.1 Å². The quantitative estimate of drug-likeness (QED) is 0.521. The maximum atomic E-state index is 13.2. The van der Waals surface area contributed by atoms with Gasteiger partial charge in [0.2, 0.25) is 0 Å². The van der Waals surface area contributed by atoms with Gasteiger partial charge in [0.05, 0.1) is 17.7 Å². The van der Waals surface area contributed by atoms with Gasteiger partial charge in [-0.1, -0.05) is 60.7 Å². The second kappa shape index (κ2) is 9.62. The number of amides is 2. The third-order valence-electron chi connectivity index (χ3n) is 6.79. The lowest BCUT2D eigenvalue weighted by molar-refractivity contribution is -0.137. The minimum atomic E-state index is -0.931. The van der Waals surface area contributed by atoms with Crippen LogP contribution in [0.5, 0.6) is 0 Å². The van der Waals surface area contributed by atoms with Gasteiger partial charge < -0.3 is 14.7 Å². The molecule has 7 nitrogen and oxygen atoms in total. The molecule has 2 N–H and O–H groups in total. The highest BCUT2D eigenvalue weighted by Crippen LogP contribution is 2.44. The van der Waals surface area contributed by atoms with Gasteiger partial charge in [0.1, 0.15) is 6.61 Å². The van der Waals surface area contributed by atoms with E-state index in [2.05, 4.69) is 29.6 Å². The minimum absolute atomic E-state index is 0.0635. The van der Waals surface area contributed by atoms with Crippen molar-refractivity contribution in [3.05, 3.63) is 89.5 Å². The van der Waals surface area contributed by atoms with E-state index >= 15 is 0 Å². The molecule has 0 bridgehead atoms. The molecular weight excluding hydrogens is 444 g/mol. The third kappa shape index (κ3) is 4.49. The normalized spacial score (nSPS) is 16.5. The third-order valence-corrected chi connectivity index (χ3v) is 6.79. The van der Waals surface area contributed by atoms with Crippen LogP contribution in [0.1, 0.15) is 46.7 Å². The molecule has 1 heterocycles. The second-order valence-electron chi connectivity index (χ2n) is 8.89. The van der Waals surface area contributed by atoms with E-state index in [0.717, 1.165) is 28.7 Å². The van der Waals surface area contributed by atoms with Crippen molar-refractivity contribution in [2.45, 2.75) is 31.2 Å². The smallest absolute Gasteiger partial charge is 0.411 e. The van der Waals surface area contributed by atoms with Gasteiger partial charge in [-0.3, -0.25) is 14.9 Å². The zero-order chi connectivity index (χ0) is 24.4. The number of aliphatic carboxylic acids is 1. The number of fused-ring (bicyclic) bond motifs is 3. The number of carboxylic acid groups (broad SMARTS) is 1. The number of hydrogen-bond donors (Lipinski definition) is 2. The summed E-state index contributed by atoms with van der Waals surface area (Å²) >= 11 is 0. The largest absolute Gasteiger partial charge is 0.481 e. The highest BCUT2D eigenvalue weighted by molar-refractivity contribution is 6.03. The van der Waals surface area contributed by atoms with E-state index in [-0.39, 0.29) is 30.9 Å². The molecule has 3 aromatic carbocycles. The number of nitrogens with one attached hydrogen (secondary N) is 1. The molecule has 1 fully saturated rings. The molecule has 5 rings (SSSR count). The lowest BCUT2D eigenvalue weighted by Crippen LogP contribution is -2.37. The Morgan fingerprint density at radius 1 is 0.914 bits per heavy atom. The summed E-state index contributed by atoms with van der Waals surface area (Å²) in [7, 11) is 0. The number of benzene rings is 3. The molecule has 2 aliphatic rings. The summed E-state index contributed by atoms with van der Waals surface area (Å²) in [6.07, 6.45) is 0.676. The monoisotopic (exact) mass is 470 g/mol. The number of ether oxygens (including phenoxy) is 1. The van der Waals surface area contributed by atoms with Crippen molar-refractivity contribution < 1.29 is 24.2 Å². The fourth-order valence-corrected chi connectivity index (χ4v) is 5.19. The molecule has 1 aliphatic heterocycles. The summed E-state index contributed by atoms with van der Waals surface area (Å²) in [5.74, 6) is -1.28. The van der Waals surface area contributed by atoms with Crippen molar-refractivity contribution in [2.24, 2.45) is 0 Å². The average Bonchev–Trinajstić information content (AvgIpc) is 3.44. The van der Waals surface area contributed by atoms with Crippen LogP contribution in [0.3, 0.4) is 0 Å². The van der Waals surface area contributed by atoms with Gasteiger partial charge in [-0.05, 0) is 47.2 Å². The topological polar surface area (TPSA) is 95.9 Å². The molecule has 1 unspecified atom stereocenters. The summed E-state index contributed by atoms with van der Waals surface area (Å²) in [5.41, 5.74) is 5.20. The van der Waals surface area contributed by atoms with Crippen LogP contribution in [-0.4, -0.2) is 47.2 Å². The summed E-state index contributed by atoms with van der Waals surface area (Å²) in [6, 6.07) is 22.6. The van der Waals surface area contributed by atoms with Gasteiger partial charge in [0.25, 0.3) is 5.91 Å². The lowest BCUT2D eigenvalue weighted by Gasteiger charge is -2.24. The van der Waals surface area contributed by atoms with Crippen LogP contribution in [0.15, 0.2) is 72.8 Å². The molecule has 0 radical (unpaired) electrons. The molecule has 2 amide bonds. The SMILES string of the molecule is O=C(O)CC1CCCN1C(=O)c1ccccc1NC(=O)OCC1c2ccccc2-c2ccccc21. The van der Waals surface area contributed by atoms with Crippen LogP contribution >= 0.6 is 0 Å². The van der Waals surface area contributed by atoms with Gasteiger partial charge in [-0.25, -0.2) is 4.79 Å². The summed E-state index contributed by atoms with van der Waals surface area (Å²) in [5, 5.41) is 11.9. The number of carboxylic acids is 1. The predicted octanol–water partition coefficient (Wildman–Crippen LogP) is 5.13. The molecule has 1 aliphatic carbocycles. The Balaban J connectivity index is 1.29. The van der Waals surface area contributed by atoms with E-state index in [1.807, 2.05) is 24.3 Å². The van der Waals surface area contributed by atoms with Crippen LogP contribution in [0.25, 0.3) is 11.1 Å². The van der Waals surface area contributed by atoms with Crippen LogP contribution < -0.4 is 5.32 Å². The summed E-state index contributed by atoms with van der Waals surface area (Å²) < 4.78 is 5.62. The maximum Gasteiger partial charge on any atom is 0.411 e. The first-order valence-electron chi connectivity index (χ1n) is 11.8. The molecule has 178 valence electrons. The number of carbonyl (C=O) groups excluding carboxylic acids is 2. The Morgan fingerprint density at radius 3 is 2.23 bits per heavy atom. The number of para-hydroxylation sites is 1. The molecule has 3 aromatic rings. The highest BCUT2D eigenvalue weighted by atomic mass is 16.5. The Hall–Kier alpha value is -4.13. The van der Waals surface area contributed by atoms with E-state index in [1.165, 1.54) is 0 Å². The summed E-state index contributed by atoms with van der Waals surface area (Å²) in [6.45, 7) is 0.666. The number of anilines is 1. The molecule has 35 heavy (non-hydrogen) atoms. The van der Waals surface area contributed by atoms with Gasteiger partial charge in [-0.2, -0.15) is 0 Å². The number of likely N-dealkylation sites (tertiary alicyclic amines) is 1. The molecule has 1 saturated heterocycles. The van der Waals surface area contributed by atoms with Crippen LogP contribution in [0.4, 0.5) is 10.5 Å². The molecule has 0 aromatic heterocycles. The zero-order valence-corrected chi connectivity index (χ0v) is 19.1. The summed E-state index contributed by atoms with van der Waals surface area (Å²) in [4.78, 5) is 38.8. The molecular formula is C28H26N2O5. The Labute approximate surface area is 203 Å². The molecule has 7 heteroatoms. The Kier molecular flexibility index (Phi) is 6.23. The molecule has 0 spiro atoms. The van der Waals surface area contributed by atoms with Crippen LogP contribution in [0, 0.1) is 0 Å². The van der Waals surface area contributed by atoms with Gasteiger partial charge in [0.15, 0.2) is 0 Å². The van der Waals surface area contributed by atoms with Crippen molar-refractivity contribution in [3.63, 3.8) is 0 Å². The van der Waals surface area contributed by atoms with Crippen molar-refractivity contribution in [1.82, 2.24) is 4.90 Å². The first-order valence-corrected chi connectivity index (χ1v) is 11.8. The van der Waals surface area contributed by atoms with Gasteiger partial charge in [0, 0.05) is 18.5 Å². The zero-order valence-electron chi connectivity index (χ0n) is 19.1. The van der Waals surface area contributed by atoms with Crippen molar-refractivity contribution in [1.29, 1.82) is 0 Å². The number of nitrogens with zero attached hydrogens (tertiary/aromatic N) is 1. The van der Waals surface area contributed by atoms with Crippen molar-refractivity contribution in [3.8, 4) is 11.1 Å². The number of carbonyl (C=O) groups is 3. The molecule has 1 atom stereocenters. The van der Waals surface area contributed by atoms with Crippen LogP contribution in [-0.2, 0) is 9.53 Å². The van der Waals surface area contributed by atoms with Gasteiger partial charge in [-0.15, -0.1) is 0 Å². The standard InChI is InChI=1S/C28H26N2O5/c31-26(32)16-18-8-7-15-30(18)27(33)23-13-5-6-14-25(23)29-28(34)35-17-24-21-11-3-1-9-19(21)20-10-2-4-12-22(20)24/h1-6,9-14,18,24H,7-8,15-17H2,(H,29,34)(H,31,32). The van der Waals surface area contributed by atoms with Crippen molar-refractivity contribution in [2.75, 3.05) is 18.5 Å². The minimum Gasteiger partial charge on any atom is -0.481 e. The average molecular weight is 471 g/mol. The number of rotatable bonds is 6. The van der Waals surface area contributed by atoms with E-state index < -0.39 is 12.1 Å². The Bertz CT molecular complexity index is 1240.